The molecular formula is C14H19BrClN5O. The third-order valence-electron chi connectivity index (χ3n) is 3.49. The first-order valence-corrected chi connectivity index (χ1v) is 8.27. The minimum absolute atomic E-state index is 0.0283. The molecular weight excluding hydrogens is 370 g/mol. The van der Waals surface area contributed by atoms with E-state index >= 15 is 0 Å². The van der Waals surface area contributed by atoms with Crippen LogP contribution in [0.2, 0.25) is 5.02 Å². The van der Waals surface area contributed by atoms with Gasteiger partial charge in [0.25, 0.3) is 0 Å². The monoisotopic (exact) mass is 387 g/mol. The smallest absolute Gasteiger partial charge is 0.222 e. The molecule has 0 aliphatic rings. The molecule has 0 spiro atoms. The van der Waals surface area contributed by atoms with E-state index in [1.165, 1.54) is 0 Å². The molecule has 0 bridgehead atoms. The lowest BCUT2D eigenvalue weighted by Crippen LogP contribution is -2.25. The van der Waals surface area contributed by atoms with E-state index in [1.54, 1.807) is 10.9 Å². The summed E-state index contributed by atoms with van der Waals surface area (Å²) in [6, 6.07) is 0. The van der Waals surface area contributed by atoms with Crippen molar-refractivity contribution in [2.24, 2.45) is 0 Å². The van der Waals surface area contributed by atoms with Gasteiger partial charge in [0.2, 0.25) is 5.91 Å². The number of carbonyl (C=O) groups excluding carboxylic acids is 1. The Hall–Kier alpha value is -1.34. The van der Waals surface area contributed by atoms with E-state index in [2.05, 4.69) is 31.4 Å². The average Bonchev–Trinajstić information content (AvgIpc) is 2.98. The molecule has 2 rings (SSSR count). The Kier molecular flexibility index (Phi) is 5.63. The van der Waals surface area contributed by atoms with E-state index < -0.39 is 0 Å². The van der Waals surface area contributed by atoms with Crippen LogP contribution in [0.4, 0.5) is 0 Å². The van der Waals surface area contributed by atoms with Crippen LogP contribution in [0.15, 0.2) is 10.7 Å². The Morgan fingerprint density at radius 1 is 1.41 bits per heavy atom. The summed E-state index contributed by atoms with van der Waals surface area (Å²) in [6.45, 7) is 7.50. The second kappa shape index (κ2) is 7.28. The first-order chi connectivity index (χ1) is 10.4. The van der Waals surface area contributed by atoms with E-state index in [4.69, 9.17) is 11.6 Å². The number of aryl methyl sites for hydroxylation is 3. The van der Waals surface area contributed by atoms with E-state index in [1.807, 2.05) is 25.5 Å². The molecule has 120 valence electrons. The predicted octanol–water partition coefficient (Wildman–Crippen LogP) is 2.84. The van der Waals surface area contributed by atoms with Crippen LogP contribution in [0.1, 0.15) is 30.4 Å². The van der Waals surface area contributed by atoms with E-state index in [9.17, 15) is 4.79 Å². The highest BCUT2D eigenvalue weighted by Crippen LogP contribution is 2.19. The Balaban J connectivity index is 1.88. The standard InChI is InChI=1S/C14H19BrClN5O/c1-4-20-12(11(15)7-18-20)8-17-13(22)5-6-21-10(3)14(16)9(2)19-21/h7H,4-6,8H2,1-3H3,(H,17,22). The van der Waals surface area contributed by atoms with Gasteiger partial charge in [-0.15, -0.1) is 0 Å². The second-order valence-corrected chi connectivity index (χ2v) is 6.22. The minimum Gasteiger partial charge on any atom is -0.350 e. The highest BCUT2D eigenvalue weighted by Gasteiger charge is 2.12. The van der Waals surface area contributed by atoms with Crippen LogP contribution in [-0.2, 0) is 24.4 Å². The van der Waals surface area contributed by atoms with Gasteiger partial charge in [-0.1, -0.05) is 11.6 Å². The number of hydrogen-bond donors (Lipinski definition) is 1. The summed E-state index contributed by atoms with van der Waals surface area (Å²) in [5.41, 5.74) is 2.64. The van der Waals surface area contributed by atoms with Crippen LogP contribution < -0.4 is 5.32 Å². The Labute approximate surface area is 143 Å². The fraction of sp³-hybridized carbons (Fsp3) is 0.500. The zero-order chi connectivity index (χ0) is 16.3. The summed E-state index contributed by atoms with van der Waals surface area (Å²) in [5, 5.41) is 12.1. The van der Waals surface area contributed by atoms with Gasteiger partial charge >= 0.3 is 0 Å². The molecule has 0 saturated carbocycles. The maximum atomic E-state index is 12.0. The van der Waals surface area contributed by atoms with Crippen LogP contribution in [0.25, 0.3) is 0 Å². The second-order valence-electron chi connectivity index (χ2n) is 4.99. The third-order valence-corrected chi connectivity index (χ3v) is 4.70. The largest absolute Gasteiger partial charge is 0.350 e. The summed E-state index contributed by atoms with van der Waals surface area (Å²) in [6.07, 6.45) is 2.10. The van der Waals surface area contributed by atoms with Crippen molar-refractivity contribution in [1.82, 2.24) is 24.9 Å². The summed E-state index contributed by atoms with van der Waals surface area (Å²) < 4.78 is 4.52. The molecule has 8 heteroatoms. The lowest BCUT2D eigenvalue weighted by atomic mass is 10.3. The first-order valence-electron chi connectivity index (χ1n) is 7.10. The van der Waals surface area contributed by atoms with Gasteiger partial charge in [0, 0.05) is 13.0 Å². The molecule has 2 aromatic heterocycles. The number of nitrogens with zero attached hydrogens (tertiary/aromatic N) is 4. The molecule has 2 aromatic rings. The quantitative estimate of drug-likeness (QED) is 0.827. The maximum absolute atomic E-state index is 12.0. The van der Waals surface area contributed by atoms with Gasteiger partial charge in [0.15, 0.2) is 0 Å². The molecule has 0 saturated heterocycles. The normalized spacial score (nSPS) is 11.0. The minimum atomic E-state index is -0.0283. The molecule has 2 heterocycles. The summed E-state index contributed by atoms with van der Waals surface area (Å²) in [7, 11) is 0. The molecule has 1 N–H and O–H groups in total. The number of halogens is 2. The van der Waals surface area contributed by atoms with Crippen molar-refractivity contribution in [2.75, 3.05) is 0 Å². The molecule has 0 aromatic carbocycles. The zero-order valence-electron chi connectivity index (χ0n) is 12.9. The summed E-state index contributed by atoms with van der Waals surface area (Å²) in [4.78, 5) is 12.0. The lowest BCUT2D eigenvalue weighted by Gasteiger charge is -2.08. The number of nitrogens with one attached hydrogen (secondary N) is 1. The van der Waals surface area contributed by atoms with E-state index in [0.717, 1.165) is 28.1 Å². The molecule has 0 radical (unpaired) electrons. The Morgan fingerprint density at radius 3 is 2.73 bits per heavy atom. The van der Waals surface area contributed by atoms with Crippen molar-refractivity contribution in [1.29, 1.82) is 0 Å². The van der Waals surface area contributed by atoms with Crippen LogP contribution in [0, 0.1) is 13.8 Å². The lowest BCUT2D eigenvalue weighted by molar-refractivity contribution is -0.121. The van der Waals surface area contributed by atoms with Gasteiger partial charge in [0.05, 0.1) is 45.9 Å². The third kappa shape index (κ3) is 3.70. The SMILES string of the molecule is CCn1ncc(Br)c1CNC(=O)CCn1nc(C)c(Cl)c1C. The molecule has 0 unspecified atom stereocenters. The van der Waals surface area contributed by atoms with Gasteiger partial charge in [-0.3, -0.25) is 14.2 Å². The van der Waals surface area contributed by atoms with Gasteiger partial charge in [-0.2, -0.15) is 10.2 Å². The van der Waals surface area contributed by atoms with E-state index in [-0.39, 0.29) is 5.91 Å². The fourth-order valence-electron chi connectivity index (χ4n) is 2.21. The molecule has 0 atom stereocenters. The highest BCUT2D eigenvalue weighted by molar-refractivity contribution is 9.10. The number of carbonyl (C=O) groups is 1. The van der Waals surface area contributed by atoms with Crippen LogP contribution in [0.5, 0.6) is 0 Å². The predicted molar refractivity (Wildman–Crippen MR) is 88.8 cm³/mol. The fourth-order valence-corrected chi connectivity index (χ4v) is 2.78. The average molecular weight is 389 g/mol. The molecule has 0 aliphatic carbocycles. The Bertz CT molecular complexity index is 679. The topological polar surface area (TPSA) is 64.7 Å². The van der Waals surface area contributed by atoms with Gasteiger partial charge in [-0.25, -0.2) is 0 Å². The molecule has 22 heavy (non-hydrogen) atoms. The van der Waals surface area contributed by atoms with Crippen LogP contribution in [-0.4, -0.2) is 25.5 Å². The molecule has 1 amide bonds. The van der Waals surface area contributed by atoms with E-state index in [0.29, 0.717) is 24.5 Å². The Morgan fingerprint density at radius 2 is 2.14 bits per heavy atom. The molecule has 6 nitrogen and oxygen atoms in total. The van der Waals surface area contributed by atoms with Crippen molar-refractivity contribution in [3.8, 4) is 0 Å². The first kappa shape index (κ1) is 17.0. The van der Waals surface area contributed by atoms with Crippen molar-refractivity contribution in [3.05, 3.63) is 32.8 Å². The maximum Gasteiger partial charge on any atom is 0.222 e. The van der Waals surface area contributed by atoms with Crippen LogP contribution >= 0.6 is 27.5 Å². The van der Waals surface area contributed by atoms with Gasteiger partial charge < -0.3 is 5.32 Å². The highest BCUT2D eigenvalue weighted by atomic mass is 79.9. The van der Waals surface area contributed by atoms with Crippen molar-refractivity contribution >= 4 is 33.4 Å². The number of aromatic nitrogens is 4. The van der Waals surface area contributed by atoms with Gasteiger partial charge in [-0.05, 0) is 36.7 Å². The van der Waals surface area contributed by atoms with Gasteiger partial charge in [0.1, 0.15) is 0 Å². The zero-order valence-corrected chi connectivity index (χ0v) is 15.2. The summed E-state index contributed by atoms with van der Waals surface area (Å²) in [5.74, 6) is -0.0283. The number of hydrogen-bond acceptors (Lipinski definition) is 3. The molecule has 0 aliphatic heterocycles. The van der Waals surface area contributed by atoms with Crippen LogP contribution in [0.3, 0.4) is 0 Å². The van der Waals surface area contributed by atoms with Crippen molar-refractivity contribution < 1.29 is 4.79 Å². The van der Waals surface area contributed by atoms with Crippen molar-refractivity contribution in [2.45, 2.75) is 46.8 Å². The number of amides is 1. The summed E-state index contributed by atoms with van der Waals surface area (Å²) >= 11 is 9.53. The van der Waals surface area contributed by atoms with Crippen molar-refractivity contribution in [3.63, 3.8) is 0 Å². The molecule has 0 fully saturated rings. The number of rotatable bonds is 6.